The van der Waals surface area contributed by atoms with Gasteiger partial charge in [0.1, 0.15) is 11.3 Å². The van der Waals surface area contributed by atoms with Crippen molar-refractivity contribution in [3.63, 3.8) is 0 Å². The van der Waals surface area contributed by atoms with Crippen molar-refractivity contribution in [3.8, 4) is 5.75 Å². The Labute approximate surface area is 191 Å². The lowest BCUT2D eigenvalue weighted by atomic mass is 10.1. The Kier molecular flexibility index (Phi) is 5.45. The molecule has 0 aliphatic rings. The fourth-order valence-corrected chi connectivity index (χ4v) is 7.02. The second-order valence-corrected chi connectivity index (χ2v) is 10.3. The molecule has 162 valence electrons. The maximum absolute atomic E-state index is 15.2. The lowest BCUT2D eigenvalue weighted by Gasteiger charge is -2.20. The normalized spacial score (nSPS) is 11.4. The van der Waals surface area contributed by atoms with Crippen LogP contribution in [-0.4, -0.2) is 12.9 Å². The summed E-state index contributed by atoms with van der Waals surface area (Å²) in [7, 11) is -1.90. The van der Waals surface area contributed by atoms with Gasteiger partial charge in [-0.05, 0) is 12.1 Å². The van der Waals surface area contributed by atoms with E-state index in [2.05, 4.69) is 0 Å². The van der Waals surface area contributed by atoms with Gasteiger partial charge >= 0.3 is 0 Å². The van der Waals surface area contributed by atoms with Gasteiger partial charge in [0.25, 0.3) is 0 Å². The molecule has 5 aromatic rings. The highest BCUT2D eigenvalue weighted by Gasteiger charge is 2.38. The third-order valence-corrected chi connectivity index (χ3v) is 8.79. The van der Waals surface area contributed by atoms with Crippen LogP contribution in [0.15, 0.2) is 114 Å². The summed E-state index contributed by atoms with van der Waals surface area (Å²) in [6, 6.07) is 32.8. The maximum Gasteiger partial charge on any atom is 0.229 e. The van der Waals surface area contributed by atoms with Crippen molar-refractivity contribution in [2.24, 2.45) is 0 Å². The van der Waals surface area contributed by atoms with E-state index in [9.17, 15) is 4.79 Å². The van der Waals surface area contributed by atoms with Crippen LogP contribution in [0, 0.1) is 0 Å². The summed E-state index contributed by atoms with van der Waals surface area (Å²) >= 11 is 0. The van der Waals surface area contributed by atoms with Gasteiger partial charge in [-0.25, -0.2) is 0 Å². The smallest absolute Gasteiger partial charge is 0.229 e. The first-order valence-corrected chi connectivity index (χ1v) is 12.3. The monoisotopic (exact) mass is 452 g/mol. The highest BCUT2D eigenvalue weighted by molar-refractivity contribution is 7.85. The van der Waals surface area contributed by atoms with Crippen LogP contribution in [0.4, 0.5) is 0 Å². The molecule has 0 fully saturated rings. The second-order valence-electron chi connectivity index (χ2n) is 7.62. The first-order chi connectivity index (χ1) is 16.1. The number of carbonyl (C=O) groups is 1. The van der Waals surface area contributed by atoms with Crippen LogP contribution in [0.25, 0.3) is 11.0 Å². The number of fused-ring (bicyclic) bond motifs is 1. The van der Waals surface area contributed by atoms with Crippen LogP contribution < -0.4 is 20.7 Å². The Morgan fingerprint density at radius 2 is 1.30 bits per heavy atom. The second kappa shape index (κ2) is 8.57. The molecule has 0 saturated carbocycles. The van der Waals surface area contributed by atoms with Crippen LogP contribution in [0.3, 0.4) is 0 Å². The van der Waals surface area contributed by atoms with Crippen LogP contribution in [-0.2, 0) is 4.57 Å². The predicted octanol–water partition coefficient (Wildman–Crippen LogP) is 5.31. The van der Waals surface area contributed by atoms with Crippen molar-refractivity contribution in [1.29, 1.82) is 0 Å². The highest BCUT2D eigenvalue weighted by atomic mass is 31.2. The van der Waals surface area contributed by atoms with Crippen molar-refractivity contribution in [1.82, 2.24) is 0 Å². The molecule has 33 heavy (non-hydrogen) atoms. The average Bonchev–Trinajstić information content (AvgIpc) is 3.28. The van der Waals surface area contributed by atoms with Crippen molar-refractivity contribution in [2.75, 3.05) is 7.11 Å². The number of benzene rings is 4. The fourth-order valence-electron chi connectivity index (χ4n) is 4.06. The third-order valence-electron chi connectivity index (χ3n) is 5.67. The van der Waals surface area contributed by atoms with E-state index < -0.39 is 7.14 Å². The van der Waals surface area contributed by atoms with Crippen molar-refractivity contribution in [2.45, 2.75) is 0 Å². The molecular weight excluding hydrogens is 431 g/mol. The quantitative estimate of drug-likeness (QED) is 0.259. The van der Waals surface area contributed by atoms with Gasteiger partial charge in [-0.15, -0.1) is 0 Å². The number of hydrogen-bond donors (Lipinski definition) is 0. The largest absolute Gasteiger partial charge is 0.497 e. The summed E-state index contributed by atoms with van der Waals surface area (Å²) < 4.78 is 26.7. The molecule has 0 radical (unpaired) electrons. The molecule has 1 heterocycles. The van der Waals surface area contributed by atoms with E-state index in [-0.39, 0.29) is 11.5 Å². The van der Waals surface area contributed by atoms with E-state index in [1.165, 1.54) is 0 Å². The van der Waals surface area contributed by atoms with Gasteiger partial charge in [-0.3, -0.25) is 4.79 Å². The number of ketones is 1. The Hall–Kier alpha value is -3.88. The number of rotatable bonds is 6. The summed E-state index contributed by atoms with van der Waals surface area (Å²) in [4.78, 5) is 13.7. The average molecular weight is 452 g/mol. The van der Waals surface area contributed by atoms with E-state index in [0.29, 0.717) is 38.2 Å². The van der Waals surface area contributed by atoms with Gasteiger partial charge in [-0.1, -0.05) is 91.0 Å². The van der Waals surface area contributed by atoms with Crippen molar-refractivity contribution >= 4 is 39.8 Å². The molecule has 4 nitrogen and oxygen atoms in total. The fraction of sp³-hybridized carbons (Fsp3) is 0.0357. The zero-order valence-corrected chi connectivity index (χ0v) is 18.9. The van der Waals surface area contributed by atoms with Gasteiger partial charge in [0, 0.05) is 27.6 Å². The van der Waals surface area contributed by atoms with E-state index in [4.69, 9.17) is 9.15 Å². The Morgan fingerprint density at radius 3 is 1.85 bits per heavy atom. The topological polar surface area (TPSA) is 56.5 Å². The Bertz CT molecular complexity index is 1430. The van der Waals surface area contributed by atoms with Gasteiger partial charge < -0.3 is 13.7 Å². The Morgan fingerprint density at radius 1 is 0.758 bits per heavy atom. The highest BCUT2D eigenvalue weighted by Crippen LogP contribution is 2.47. The van der Waals surface area contributed by atoms with Crippen molar-refractivity contribution in [3.05, 3.63) is 121 Å². The lowest BCUT2D eigenvalue weighted by molar-refractivity contribution is 0.101. The van der Waals surface area contributed by atoms with Crippen LogP contribution in [0.5, 0.6) is 5.75 Å². The zero-order chi connectivity index (χ0) is 22.8. The van der Waals surface area contributed by atoms with Crippen LogP contribution in [0.1, 0.15) is 16.1 Å². The number of methoxy groups -OCH3 is 1. The molecule has 0 aliphatic heterocycles. The van der Waals surface area contributed by atoms with Gasteiger partial charge in [0.2, 0.25) is 5.78 Å². The molecule has 0 amide bonds. The first kappa shape index (κ1) is 21.0. The SMILES string of the molecule is COc1ccc2c(P(=O)(c3ccccc3)c3ccccc3)c(C(=O)c3ccccc3)oc2c1. The van der Waals surface area contributed by atoms with Gasteiger partial charge in [-0.2, -0.15) is 0 Å². The summed E-state index contributed by atoms with van der Waals surface area (Å²) in [5.41, 5.74) is 0.924. The minimum Gasteiger partial charge on any atom is -0.497 e. The zero-order valence-electron chi connectivity index (χ0n) is 18.0. The first-order valence-electron chi connectivity index (χ1n) is 10.5. The molecule has 4 aromatic carbocycles. The Balaban J connectivity index is 1.88. The molecule has 0 unspecified atom stereocenters. The molecule has 0 spiro atoms. The van der Waals surface area contributed by atoms with E-state index in [1.54, 1.807) is 43.5 Å². The third kappa shape index (κ3) is 3.59. The summed E-state index contributed by atoms with van der Waals surface area (Å²) in [6.07, 6.45) is 0. The van der Waals surface area contributed by atoms with Crippen LogP contribution in [0.2, 0.25) is 0 Å². The molecule has 5 rings (SSSR count). The van der Waals surface area contributed by atoms with Crippen molar-refractivity contribution < 1.29 is 18.5 Å². The van der Waals surface area contributed by atoms with E-state index >= 15 is 4.57 Å². The molecule has 0 N–H and O–H groups in total. The summed E-state index contributed by atoms with van der Waals surface area (Å²) in [5, 5.41) is 2.31. The lowest BCUT2D eigenvalue weighted by Crippen LogP contribution is -2.28. The molecule has 1 aromatic heterocycles. The maximum atomic E-state index is 15.2. The minimum atomic E-state index is -3.47. The number of furan rings is 1. The number of hydrogen-bond acceptors (Lipinski definition) is 4. The van der Waals surface area contributed by atoms with E-state index in [0.717, 1.165) is 0 Å². The molecule has 0 saturated heterocycles. The molecule has 0 aliphatic carbocycles. The van der Waals surface area contributed by atoms with Crippen LogP contribution >= 0.6 is 7.14 Å². The summed E-state index contributed by atoms with van der Waals surface area (Å²) in [5.74, 6) is 0.365. The molecular formula is C28H21O4P. The number of carbonyl (C=O) groups excluding carboxylic acids is 1. The van der Waals surface area contributed by atoms with Gasteiger partial charge in [0.05, 0.1) is 12.4 Å². The molecule has 5 heteroatoms. The minimum absolute atomic E-state index is 0.0838. The standard InChI is InChI=1S/C28H21O4P/c1-31-21-17-18-24-25(19-21)32-27(26(29)20-11-5-2-6-12-20)28(24)33(30,22-13-7-3-8-14-22)23-15-9-4-10-16-23/h2-19H,1H3. The predicted molar refractivity (Wildman–Crippen MR) is 132 cm³/mol. The van der Waals surface area contributed by atoms with Gasteiger partial charge in [0.15, 0.2) is 12.9 Å². The molecule has 0 bridgehead atoms. The molecule has 0 atom stereocenters. The summed E-state index contributed by atoms with van der Waals surface area (Å²) in [6.45, 7) is 0. The number of ether oxygens (including phenoxy) is 1. The van der Waals surface area contributed by atoms with E-state index in [1.807, 2.05) is 72.8 Å².